The number of nitrogens with zero attached hydrogens (tertiary/aromatic N) is 1. The van der Waals surface area contributed by atoms with Gasteiger partial charge in [-0.1, -0.05) is 13.8 Å². The lowest BCUT2D eigenvalue weighted by atomic mass is 10.0. The number of hydrogen-bond donors (Lipinski definition) is 2. The second-order valence-electron chi connectivity index (χ2n) is 4.34. The van der Waals surface area contributed by atoms with Crippen LogP contribution in [0.3, 0.4) is 0 Å². The van der Waals surface area contributed by atoms with Crippen molar-refractivity contribution in [2.24, 2.45) is 5.92 Å². The van der Waals surface area contributed by atoms with E-state index in [0.717, 1.165) is 26.1 Å². The van der Waals surface area contributed by atoms with Crippen LogP contribution in [0.15, 0.2) is 0 Å². The van der Waals surface area contributed by atoms with E-state index in [9.17, 15) is 5.11 Å². The molecule has 0 bridgehead atoms. The molecular weight excluding hydrogens is 164 g/mol. The van der Waals surface area contributed by atoms with Crippen LogP contribution in [0.2, 0.25) is 0 Å². The summed E-state index contributed by atoms with van der Waals surface area (Å²) in [5.41, 5.74) is 0. The zero-order valence-corrected chi connectivity index (χ0v) is 8.95. The van der Waals surface area contributed by atoms with Gasteiger partial charge in [0, 0.05) is 25.7 Å². The largest absolute Gasteiger partial charge is 0.392 e. The highest BCUT2D eigenvalue weighted by molar-refractivity contribution is 4.80. The molecule has 78 valence electrons. The first-order valence-electron chi connectivity index (χ1n) is 5.21. The molecule has 0 aromatic carbocycles. The first kappa shape index (κ1) is 11.0. The number of aliphatic hydroxyl groups is 1. The van der Waals surface area contributed by atoms with Crippen LogP contribution < -0.4 is 5.32 Å². The van der Waals surface area contributed by atoms with Crippen molar-refractivity contribution in [2.45, 2.75) is 32.4 Å². The highest BCUT2D eigenvalue weighted by Crippen LogP contribution is 2.11. The lowest BCUT2D eigenvalue weighted by molar-refractivity contribution is 0.169. The molecule has 1 heterocycles. The van der Waals surface area contributed by atoms with Gasteiger partial charge in [0.05, 0.1) is 6.10 Å². The lowest BCUT2D eigenvalue weighted by Crippen LogP contribution is -2.42. The van der Waals surface area contributed by atoms with Crippen LogP contribution in [-0.4, -0.2) is 48.8 Å². The van der Waals surface area contributed by atoms with E-state index in [1.54, 1.807) is 0 Å². The van der Waals surface area contributed by atoms with Gasteiger partial charge in [0.15, 0.2) is 0 Å². The second kappa shape index (κ2) is 4.94. The molecule has 0 aromatic rings. The summed E-state index contributed by atoms with van der Waals surface area (Å²) in [4.78, 5) is 2.34. The maximum absolute atomic E-state index is 9.36. The Labute approximate surface area is 81.1 Å². The molecule has 0 aliphatic carbocycles. The Hall–Kier alpha value is -0.120. The van der Waals surface area contributed by atoms with Crippen LogP contribution in [0, 0.1) is 5.92 Å². The molecule has 1 rings (SSSR count). The van der Waals surface area contributed by atoms with E-state index in [0.29, 0.717) is 12.0 Å². The van der Waals surface area contributed by atoms with Crippen LogP contribution in [0.5, 0.6) is 0 Å². The number of likely N-dealkylation sites (tertiary alicyclic amines) is 1. The van der Waals surface area contributed by atoms with Crippen molar-refractivity contribution in [3.63, 3.8) is 0 Å². The molecule has 1 fully saturated rings. The Kier molecular flexibility index (Phi) is 4.16. The third kappa shape index (κ3) is 3.25. The summed E-state index contributed by atoms with van der Waals surface area (Å²) in [7, 11) is 2.01. The molecule has 2 atom stereocenters. The maximum Gasteiger partial charge on any atom is 0.0679 e. The minimum atomic E-state index is -0.0929. The predicted molar refractivity (Wildman–Crippen MR) is 54.7 cm³/mol. The number of nitrogens with one attached hydrogen (secondary N) is 1. The lowest BCUT2D eigenvalue weighted by Gasteiger charge is -2.25. The summed E-state index contributed by atoms with van der Waals surface area (Å²) in [6, 6.07) is 0.547. The highest BCUT2D eigenvalue weighted by Gasteiger charge is 2.23. The van der Waals surface area contributed by atoms with Gasteiger partial charge in [0.2, 0.25) is 0 Å². The molecule has 0 saturated carbocycles. The molecule has 1 aliphatic rings. The van der Waals surface area contributed by atoms with Crippen LogP contribution in [0.25, 0.3) is 0 Å². The van der Waals surface area contributed by atoms with Crippen molar-refractivity contribution in [1.82, 2.24) is 10.2 Å². The molecular formula is C10H22N2O. The Bertz CT molecular complexity index is 150. The molecule has 0 spiro atoms. The number of β-amino-alcohol motifs (C(OH)–C–C–N with tert-alkyl or cyclic N) is 1. The molecule has 0 radical (unpaired) electrons. The van der Waals surface area contributed by atoms with Crippen molar-refractivity contribution in [2.75, 3.05) is 26.7 Å². The molecule has 0 amide bonds. The van der Waals surface area contributed by atoms with Crippen LogP contribution in [0.1, 0.15) is 20.3 Å². The van der Waals surface area contributed by atoms with Gasteiger partial charge in [-0.2, -0.15) is 0 Å². The van der Waals surface area contributed by atoms with E-state index in [4.69, 9.17) is 0 Å². The predicted octanol–water partition coefficient (Wildman–Crippen LogP) is 0.297. The topological polar surface area (TPSA) is 35.5 Å². The molecule has 0 unspecified atom stereocenters. The molecule has 3 heteroatoms. The van der Waals surface area contributed by atoms with Gasteiger partial charge in [-0.3, -0.25) is 4.90 Å². The van der Waals surface area contributed by atoms with E-state index in [1.807, 2.05) is 7.05 Å². The monoisotopic (exact) mass is 186 g/mol. The molecule has 1 aliphatic heterocycles. The number of rotatable bonds is 4. The molecule has 1 saturated heterocycles. The van der Waals surface area contributed by atoms with Gasteiger partial charge in [-0.15, -0.1) is 0 Å². The van der Waals surface area contributed by atoms with Gasteiger partial charge in [0.1, 0.15) is 0 Å². The van der Waals surface area contributed by atoms with Gasteiger partial charge >= 0.3 is 0 Å². The normalized spacial score (nSPS) is 27.0. The van der Waals surface area contributed by atoms with Crippen LogP contribution >= 0.6 is 0 Å². The van der Waals surface area contributed by atoms with E-state index < -0.39 is 0 Å². The average Bonchev–Trinajstić information content (AvgIpc) is 2.46. The fourth-order valence-corrected chi connectivity index (χ4v) is 1.89. The first-order chi connectivity index (χ1) is 6.13. The third-order valence-electron chi connectivity index (χ3n) is 2.88. The number of likely N-dealkylation sites (N-methyl/N-ethyl adjacent to an activating group) is 1. The average molecular weight is 186 g/mol. The summed E-state index contributed by atoms with van der Waals surface area (Å²) in [5.74, 6) is 0.655. The molecule has 3 nitrogen and oxygen atoms in total. The van der Waals surface area contributed by atoms with Gasteiger partial charge in [0.25, 0.3) is 0 Å². The highest BCUT2D eigenvalue weighted by atomic mass is 16.3. The quantitative estimate of drug-likeness (QED) is 0.663. The number of hydrogen-bond acceptors (Lipinski definition) is 3. The van der Waals surface area contributed by atoms with Crippen molar-refractivity contribution < 1.29 is 5.11 Å². The zero-order valence-electron chi connectivity index (χ0n) is 8.95. The zero-order chi connectivity index (χ0) is 9.84. The summed E-state index contributed by atoms with van der Waals surface area (Å²) in [5, 5.41) is 12.7. The minimum absolute atomic E-state index is 0.0929. The van der Waals surface area contributed by atoms with Gasteiger partial charge in [-0.25, -0.2) is 0 Å². The molecule has 0 aromatic heterocycles. The molecule has 13 heavy (non-hydrogen) atoms. The summed E-state index contributed by atoms with van der Waals surface area (Å²) in [6.07, 6.45) is 0.846. The van der Waals surface area contributed by atoms with Crippen LogP contribution in [0.4, 0.5) is 0 Å². The van der Waals surface area contributed by atoms with Crippen molar-refractivity contribution in [3.8, 4) is 0 Å². The summed E-state index contributed by atoms with van der Waals surface area (Å²) >= 11 is 0. The van der Waals surface area contributed by atoms with E-state index in [1.165, 1.54) is 0 Å². The van der Waals surface area contributed by atoms with Gasteiger partial charge < -0.3 is 10.4 Å². The SMILES string of the molecule is CN[C@H](CN1CC[C@H](O)C1)C(C)C. The second-order valence-corrected chi connectivity index (χ2v) is 4.34. The van der Waals surface area contributed by atoms with Crippen molar-refractivity contribution >= 4 is 0 Å². The third-order valence-corrected chi connectivity index (χ3v) is 2.88. The Morgan fingerprint density at radius 1 is 1.54 bits per heavy atom. The summed E-state index contributed by atoms with van der Waals surface area (Å²) in [6.45, 7) is 7.42. The van der Waals surface area contributed by atoms with Crippen molar-refractivity contribution in [3.05, 3.63) is 0 Å². The van der Waals surface area contributed by atoms with E-state index >= 15 is 0 Å². The fraction of sp³-hybridized carbons (Fsp3) is 1.00. The Balaban J connectivity index is 2.30. The minimum Gasteiger partial charge on any atom is -0.392 e. The van der Waals surface area contributed by atoms with Crippen molar-refractivity contribution in [1.29, 1.82) is 0 Å². The Morgan fingerprint density at radius 2 is 2.23 bits per heavy atom. The van der Waals surface area contributed by atoms with E-state index in [-0.39, 0.29) is 6.10 Å². The summed E-state index contributed by atoms with van der Waals surface area (Å²) < 4.78 is 0. The van der Waals surface area contributed by atoms with E-state index in [2.05, 4.69) is 24.1 Å². The standard InChI is InChI=1S/C10H22N2O/c1-8(2)10(11-3)7-12-5-4-9(13)6-12/h8-11,13H,4-7H2,1-3H3/t9-,10+/m0/s1. The first-order valence-corrected chi connectivity index (χ1v) is 5.21. The van der Waals surface area contributed by atoms with Crippen LogP contribution in [-0.2, 0) is 0 Å². The number of aliphatic hydroxyl groups excluding tert-OH is 1. The Morgan fingerprint density at radius 3 is 2.62 bits per heavy atom. The maximum atomic E-state index is 9.36. The smallest absolute Gasteiger partial charge is 0.0679 e. The fourth-order valence-electron chi connectivity index (χ4n) is 1.89. The van der Waals surface area contributed by atoms with Gasteiger partial charge in [-0.05, 0) is 19.4 Å². The molecule has 2 N–H and O–H groups in total.